The van der Waals surface area contributed by atoms with Gasteiger partial charge in [0.2, 0.25) is 0 Å². The molecule has 5 nitrogen and oxygen atoms in total. The molecule has 3 heterocycles. The molecule has 2 N–H and O–H groups in total. The van der Waals surface area contributed by atoms with E-state index in [0.29, 0.717) is 22.7 Å². The molecule has 0 amide bonds. The van der Waals surface area contributed by atoms with Crippen LogP contribution in [0, 0.1) is 24.2 Å². The first-order chi connectivity index (χ1) is 15.6. The number of hydrogen-bond acceptors (Lipinski definition) is 6. The molecule has 0 radical (unpaired) electrons. The maximum absolute atomic E-state index is 12.3. The average Bonchev–Trinajstić information content (AvgIpc) is 3.22. The molecule has 2 unspecified atom stereocenters. The predicted molar refractivity (Wildman–Crippen MR) is 132 cm³/mol. The van der Waals surface area contributed by atoms with Crippen LogP contribution in [0.15, 0.2) is 48.1 Å². The molecule has 1 fully saturated rings. The van der Waals surface area contributed by atoms with Crippen molar-refractivity contribution in [2.75, 3.05) is 20.1 Å². The third-order valence-corrected chi connectivity index (χ3v) is 7.32. The molecule has 1 aromatic carbocycles. The van der Waals surface area contributed by atoms with Crippen LogP contribution in [0.4, 0.5) is 0 Å². The maximum Gasteiger partial charge on any atom is 0.158 e. The van der Waals surface area contributed by atoms with Crippen molar-refractivity contribution in [3.05, 3.63) is 81.1 Å². The lowest BCUT2D eigenvalue weighted by Crippen LogP contribution is -2.63. The van der Waals surface area contributed by atoms with Crippen molar-refractivity contribution in [1.82, 2.24) is 14.9 Å². The lowest BCUT2D eigenvalue weighted by molar-refractivity contribution is -0.127. The molecule has 0 aliphatic carbocycles. The van der Waals surface area contributed by atoms with Gasteiger partial charge >= 0.3 is 0 Å². The number of nitrogens with zero attached hydrogens (tertiary/aromatic N) is 3. The van der Waals surface area contributed by atoms with Gasteiger partial charge in [0, 0.05) is 47.4 Å². The zero-order valence-corrected chi connectivity index (χ0v) is 20.6. The van der Waals surface area contributed by atoms with Gasteiger partial charge in [-0.1, -0.05) is 56.9 Å². The molecule has 0 spiro atoms. The fourth-order valence-electron chi connectivity index (χ4n) is 4.78. The molecular formula is C27H31N3O2S. The first-order valence-corrected chi connectivity index (χ1v) is 12.1. The summed E-state index contributed by atoms with van der Waals surface area (Å²) in [5.74, 6) is 6.30. The standard InChI is InChI=1S/C27H31N3O2S/c1-18(2)21-7-9-22(10-8-21)27(32,26(4)16-30(5)17-26)23-12-20(13-28-14-23)6-11-25(31)24-15-33-19(3)29-24/h7-10,12-15,18,25,31-32H,16-17H2,1-5H3. The first-order valence-electron chi connectivity index (χ1n) is 11.2. The number of pyridine rings is 1. The van der Waals surface area contributed by atoms with Crippen LogP contribution in [0.5, 0.6) is 0 Å². The van der Waals surface area contributed by atoms with Crippen molar-refractivity contribution in [1.29, 1.82) is 0 Å². The van der Waals surface area contributed by atoms with Gasteiger partial charge in [0.1, 0.15) is 5.60 Å². The van der Waals surface area contributed by atoms with E-state index in [-0.39, 0.29) is 5.41 Å². The summed E-state index contributed by atoms with van der Waals surface area (Å²) in [6, 6.07) is 10.1. The minimum atomic E-state index is -1.22. The molecule has 1 aliphatic rings. The quantitative estimate of drug-likeness (QED) is 0.556. The van der Waals surface area contributed by atoms with Gasteiger partial charge in [-0.3, -0.25) is 4.98 Å². The smallest absolute Gasteiger partial charge is 0.158 e. The van der Waals surface area contributed by atoms with Crippen molar-refractivity contribution in [3.8, 4) is 11.8 Å². The topological polar surface area (TPSA) is 69.5 Å². The number of thiazole rings is 1. The summed E-state index contributed by atoms with van der Waals surface area (Å²) in [6.45, 7) is 9.89. The van der Waals surface area contributed by atoms with Gasteiger partial charge in [0.05, 0.1) is 10.7 Å². The Kier molecular flexibility index (Phi) is 6.43. The van der Waals surface area contributed by atoms with E-state index in [1.54, 1.807) is 12.4 Å². The van der Waals surface area contributed by atoms with E-state index in [2.05, 4.69) is 66.7 Å². The fourth-order valence-corrected chi connectivity index (χ4v) is 5.42. The van der Waals surface area contributed by atoms with Crippen molar-refractivity contribution in [3.63, 3.8) is 0 Å². The van der Waals surface area contributed by atoms with Crippen LogP contribution >= 0.6 is 11.3 Å². The summed E-state index contributed by atoms with van der Waals surface area (Å²) < 4.78 is 0. The highest BCUT2D eigenvalue weighted by Gasteiger charge is 2.55. The summed E-state index contributed by atoms with van der Waals surface area (Å²) in [5.41, 5.74) is 2.42. The summed E-state index contributed by atoms with van der Waals surface area (Å²) in [6.07, 6.45) is 2.43. The van der Waals surface area contributed by atoms with E-state index in [9.17, 15) is 10.2 Å². The molecule has 2 atom stereocenters. The molecule has 172 valence electrons. The SMILES string of the molecule is Cc1nc(C(O)C#Cc2cncc(C(O)(c3ccc(C(C)C)cc3)C3(C)CN(C)C3)c2)cs1. The van der Waals surface area contributed by atoms with Gasteiger partial charge in [-0.25, -0.2) is 4.98 Å². The number of aliphatic hydroxyl groups is 2. The van der Waals surface area contributed by atoms with E-state index >= 15 is 0 Å². The third-order valence-electron chi connectivity index (χ3n) is 6.53. The molecule has 33 heavy (non-hydrogen) atoms. The maximum atomic E-state index is 12.3. The van der Waals surface area contributed by atoms with Gasteiger partial charge in [-0.15, -0.1) is 11.3 Å². The number of aliphatic hydroxyl groups excluding tert-OH is 1. The molecular weight excluding hydrogens is 430 g/mol. The van der Waals surface area contributed by atoms with Crippen molar-refractivity contribution < 1.29 is 10.2 Å². The highest BCUT2D eigenvalue weighted by atomic mass is 32.1. The second kappa shape index (κ2) is 9.00. The normalized spacial score (nSPS) is 18.2. The Labute approximate surface area is 200 Å². The largest absolute Gasteiger partial charge is 0.380 e. The van der Waals surface area contributed by atoms with E-state index in [4.69, 9.17) is 0 Å². The van der Waals surface area contributed by atoms with Gasteiger partial charge in [-0.05, 0) is 37.1 Å². The first kappa shape index (κ1) is 23.6. The van der Waals surface area contributed by atoms with Crippen molar-refractivity contribution in [2.45, 2.75) is 45.3 Å². The monoisotopic (exact) mass is 461 g/mol. The number of aromatic nitrogens is 2. The average molecular weight is 462 g/mol. The third kappa shape index (κ3) is 4.47. The Hall–Kier alpha value is -2.56. The van der Waals surface area contributed by atoms with Crippen LogP contribution in [0.3, 0.4) is 0 Å². The molecule has 3 aromatic rings. The Morgan fingerprint density at radius 3 is 2.42 bits per heavy atom. The second-order valence-corrected chi connectivity index (χ2v) is 10.7. The Bertz CT molecular complexity index is 1190. The molecule has 2 aromatic heterocycles. The minimum absolute atomic E-state index is 0.369. The molecule has 6 heteroatoms. The van der Waals surface area contributed by atoms with Gasteiger partial charge in [0.25, 0.3) is 0 Å². The zero-order valence-electron chi connectivity index (χ0n) is 19.8. The Morgan fingerprint density at radius 1 is 1.15 bits per heavy atom. The molecule has 0 bridgehead atoms. The van der Waals surface area contributed by atoms with Crippen LogP contribution in [0.25, 0.3) is 0 Å². The summed E-state index contributed by atoms with van der Waals surface area (Å²) in [7, 11) is 2.06. The van der Waals surface area contributed by atoms with E-state index < -0.39 is 11.7 Å². The van der Waals surface area contributed by atoms with Crippen LogP contribution in [-0.4, -0.2) is 45.2 Å². The summed E-state index contributed by atoms with van der Waals surface area (Å²) in [5, 5.41) is 25.4. The highest BCUT2D eigenvalue weighted by Crippen LogP contribution is 2.50. The van der Waals surface area contributed by atoms with Crippen LogP contribution < -0.4 is 0 Å². The molecule has 1 aliphatic heterocycles. The zero-order chi connectivity index (χ0) is 23.8. The van der Waals surface area contributed by atoms with E-state index in [1.165, 1.54) is 16.9 Å². The summed E-state index contributed by atoms with van der Waals surface area (Å²) in [4.78, 5) is 10.9. The summed E-state index contributed by atoms with van der Waals surface area (Å²) >= 11 is 1.48. The predicted octanol–water partition coefficient (Wildman–Crippen LogP) is 4.24. The molecule has 0 saturated carbocycles. The molecule has 1 saturated heterocycles. The highest BCUT2D eigenvalue weighted by molar-refractivity contribution is 7.09. The Balaban J connectivity index is 1.72. The minimum Gasteiger partial charge on any atom is -0.380 e. The molecule has 4 rings (SSSR count). The van der Waals surface area contributed by atoms with Gasteiger partial charge < -0.3 is 15.1 Å². The van der Waals surface area contributed by atoms with Crippen molar-refractivity contribution >= 4 is 11.3 Å². The number of rotatable bonds is 5. The van der Waals surface area contributed by atoms with Crippen LogP contribution in [0.1, 0.15) is 65.7 Å². The Morgan fingerprint density at radius 2 is 1.85 bits per heavy atom. The second-order valence-electron chi connectivity index (χ2n) is 9.65. The van der Waals surface area contributed by atoms with Crippen LogP contribution in [0.2, 0.25) is 0 Å². The van der Waals surface area contributed by atoms with E-state index in [1.807, 2.05) is 30.5 Å². The number of aryl methyl sites for hydroxylation is 1. The lowest BCUT2D eigenvalue weighted by Gasteiger charge is -2.55. The van der Waals surface area contributed by atoms with Crippen LogP contribution in [-0.2, 0) is 5.60 Å². The fraction of sp³-hybridized carbons (Fsp3) is 0.407. The number of likely N-dealkylation sites (tertiary alicyclic amines) is 1. The van der Waals surface area contributed by atoms with Crippen molar-refractivity contribution in [2.24, 2.45) is 5.41 Å². The number of hydrogen-bond donors (Lipinski definition) is 2. The van der Waals surface area contributed by atoms with E-state index in [0.717, 1.165) is 23.7 Å². The lowest BCUT2D eigenvalue weighted by atomic mass is 9.62. The number of benzene rings is 1. The van der Waals surface area contributed by atoms with Gasteiger partial charge in [-0.2, -0.15) is 0 Å². The van der Waals surface area contributed by atoms with Gasteiger partial charge in [0.15, 0.2) is 6.10 Å².